The Bertz CT molecular complexity index is 1170. The Morgan fingerprint density at radius 1 is 1.18 bits per heavy atom. The van der Waals surface area contributed by atoms with Gasteiger partial charge in [-0.05, 0) is 0 Å². The van der Waals surface area contributed by atoms with Crippen molar-refractivity contribution in [2.24, 2.45) is 0 Å². The molecule has 1 aliphatic heterocycles. The van der Waals surface area contributed by atoms with E-state index in [0.29, 0.717) is 37.6 Å². The van der Waals surface area contributed by atoms with E-state index in [2.05, 4.69) is 9.97 Å². The number of likely N-dealkylation sites (tertiary alicyclic amines) is 1. The van der Waals surface area contributed by atoms with Crippen LogP contribution in [0.2, 0.25) is 5.02 Å². The molecule has 0 atom stereocenters. The van der Waals surface area contributed by atoms with Gasteiger partial charge in [0.05, 0.1) is 0 Å². The predicted molar refractivity (Wildman–Crippen MR) is 129 cm³/mol. The second-order valence-corrected chi connectivity index (χ2v) is 10.7. The minimum absolute atomic E-state index is 0.0323. The molecule has 1 fully saturated rings. The fraction of sp³-hybridized carbons (Fsp3) is 0.375. The number of carbonyl (C=O) groups excluding carboxylic acids is 1. The summed E-state index contributed by atoms with van der Waals surface area (Å²) in [6.45, 7) is 1.72. The molecule has 34 heavy (non-hydrogen) atoms. The van der Waals surface area contributed by atoms with Crippen LogP contribution in [0.15, 0.2) is 36.7 Å². The normalized spacial score (nSPS) is 14.8. The molecule has 179 valence electrons. The number of nitrogens with zero attached hydrogens (tertiary/aromatic N) is 3. The topological polar surface area (TPSA) is 73.8 Å². The van der Waals surface area contributed by atoms with Crippen molar-refractivity contribution in [3.8, 4) is 11.5 Å². The first-order valence-electron chi connectivity index (χ1n) is 10.9. The van der Waals surface area contributed by atoms with Gasteiger partial charge >= 0.3 is 198 Å². The number of rotatable bonds is 8. The molecule has 0 spiro atoms. The Labute approximate surface area is 209 Å². The molecule has 0 N–H and O–H groups in total. The number of amides is 1. The summed E-state index contributed by atoms with van der Waals surface area (Å²) in [7, 11) is 3.19. The zero-order chi connectivity index (χ0) is 24.1. The molecule has 0 aliphatic carbocycles. The van der Waals surface area contributed by atoms with Gasteiger partial charge < -0.3 is 4.74 Å². The van der Waals surface area contributed by atoms with E-state index in [0.717, 1.165) is 32.6 Å². The number of methoxy groups -OCH3 is 2. The fourth-order valence-electron chi connectivity index (χ4n) is 3.82. The molecule has 10 heteroatoms. The number of halogens is 2. The second kappa shape index (κ2) is 11.3. The molecule has 4 rings (SSSR count). The van der Waals surface area contributed by atoms with Crippen LogP contribution in [-0.4, -0.2) is 76.5 Å². The Morgan fingerprint density at radius 2 is 1.97 bits per heavy atom. The molecule has 0 bridgehead atoms. The molecule has 2 heterocycles. The average molecular weight is 549 g/mol. The van der Waals surface area contributed by atoms with Gasteiger partial charge in [0.25, 0.3) is 0 Å². The molecule has 2 aromatic carbocycles. The summed E-state index contributed by atoms with van der Waals surface area (Å²) in [5.74, 6) is 0.881. The van der Waals surface area contributed by atoms with Crippen molar-refractivity contribution in [2.45, 2.75) is 25.4 Å². The van der Waals surface area contributed by atoms with Crippen LogP contribution in [0.3, 0.4) is 0 Å². The molecule has 1 saturated heterocycles. The summed E-state index contributed by atoms with van der Waals surface area (Å²) in [5, 5.41) is 0.967. The first-order chi connectivity index (χ1) is 16.5. The molecule has 1 aliphatic rings. The quantitative estimate of drug-likeness (QED) is 0.403. The van der Waals surface area contributed by atoms with Gasteiger partial charge in [0, 0.05) is 7.11 Å². The first-order valence-corrected chi connectivity index (χ1v) is 13.2. The van der Waals surface area contributed by atoms with Crippen LogP contribution in [0.25, 0.3) is 10.9 Å². The third-order valence-electron chi connectivity index (χ3n) is 5.65. The number of carbonyl (C=O) groups is 1. The maximum atomic E-state index is 13.6. The van der Waals surface area contributed by atoms with Gasteiger partial charge in [0.15, 0.2) is 0 Å². The molecule has 0 saturated carbocycles. The molecule has 1 amide bonds. The van der Waals surface area contributed by atoms with Gasteiger partial charge in [-0.1, -0.05) is 0 Å². The van der Waals surface area contributed by atoms with Crippen molar-refractivity contribution in [1.82, 2.24) is 14.9 Å². The van der Waals surface area contributed by atoms with Gasteiger partial charge in [-0.3, -0.25) is 0 Å². The van der Waals surface area contributed by atoms with Crippen LogP contribution < -0.4 is 18.3 Å². The predicted octanol–water partition coefficient (Wildman–Crippen LogP) is 2.49. The van der Waals surface area contributed by atoms with Crippen molar-refractivity contribution in [3.05, 3.63) is 47.5 Å². The number of hydrogen-bond acceptors (Lipinski definition) is 6. The van der Waals surface area contributed by atoms with Crippen molar-refractivity contribution >= 4 is 53.0 Å². The number of aromatic nitrogens is 2. The van der Waals surface area contributed by atoms with Crippen LogP contribution in [-0.2, 0) is 9.53 Å². The van der Waals surface area contributed by atoms with E-state index in [1.54, 1.807) is 26.4 Å². The Balaban J connectivity index is 1.53. The third kappa shape index (κ3) is 5.80. The van der Waals surface area contributed by atoms with Crippen LogP contribution in [0, 0.1) is 5.82 Å². The number of piperidine rings is 1. The van der Waals surface area contributed by atoms with E-state index in [1.807, 2.05) is 17.0 Å². The van der Waals surface area contributed by atoms with Gasteiger partial charge in [0.1, 0.15) is 0 Å². The fourth-order valence-corrected chi connectivity index (χ4v) is 6.25. The average Bonchev–Trinajstić information content (AvgIpc) is 2.85. The standard InChI is InChI=1S/C24H25AsClFN3O4/c1-32-10-7-23(31)30-8-5-16(6-9-30)34-22-12-17-20(13-21(22)33-2)28-14-29-24(17)25-15-3-4-19(27)18(26)11-15/h3-4,11-14,16H,5-10H2,1-2H3. The zero-order valence-corrected chi connectivity index (χ0v) is 21.6. The van der Waals surface area contributed by atoms with E-state index in [4.69, 9.17) is 25.8 Å². The van der Waals surface area contributed by atoms with Crippen LogP contribution in [0.4, 0.5) is 4.39 Å². The molecular weight excluding hydrogens is 524 g/mol. The first kappa shape index (κ1) is 24.7. The summed E-state index contributed by atoms with van der Waals surface area (Å²) < 4.78 is 32.3. The molecule has 3 aromatic rings. The van der Waals surface area contributed by atoms with E-state index in [1.165, 1.54) is 12.4 Å². The van der Waals surface area contributed by atoms with Crippen molar-refractivity contribution in [2.75, 3.05) is 33.9 Å². The Morgan fingerprint density at radius 3 is 2.68 bits per heavy atom. The van der Waals surface area contributed by atoms with Gasteiger partial charge in [0.2, 0.25) is 0 Å². The van der Waals surface area contributed by atoms with Crippen LogP contribution >= 0.6 is 11.6 Å². The van der Waals surface area contributed by atoms with Gasteiger partial charge in [-0.15, -0.1) is 0 Å². The summed E-state index contributed by atoms with van der Waals surface area (Å²) in [6, 6.07) is 8.52. The van der Waals surface area contributed by atoms with Crippen molar-refractivity contribution in [3.63, 3.8) is 0 Å². The number of ether oxygens (including phenoxy) is 3. The Kier molecular flexibility index (Phi) is 8.24. The van der Waals surface area contributed by atoms with E-state index in [-0.39, 0.29) is 17.0 Å². The third-order valence-corrected chi connectivity index (χ3v) is 8.25. The maximum absolute atomic E-state index is 13.6. The van der Waals surface area contributed by atoms with E-state index in [9.17, 15) is 9.18 Å². The zero-order valence-electron chi connectivity index (χ0n) is 19.0. The van der Waals surface area contributed by atoms with Gasteiger partial charge in [-0.25, -0.2) is 0 Å². The van der Waals surface area contributed by atoms with E-state index >= 15 is 0 Å². The van der Waals surface area contributed by atoms with Crippen molar-refractivity contribution < 1.29 is 23.4 Å². The Hall–Kier alpha value is -2.41. The van der Waals surface area contributed by atoms with Crippen LogP contribution in [0.5, 0.6) is 11.5 Å². The molecule has 1 radical (unpaired) electrons. The number of fused-ring (bicyclic) bond motifs is 1. The van der Waals surface area contributed by atoms with Gasteiger partial charge in [-0.2, -0.15) is 0 Å². The summed E-state index contributed by atoms with van der Waals surface area (Å²) in [6.07, 6.45) is 3.35. The molecule has 0 unspecified atom stereocenters. The van der Waals surface area contributed by atoms with Crippen molar-refractivity contribution in [1.29, 1.82) is 0 Å². The molecule has 1 aromatic heterocycles. The summed E-state index contributed by atoms with van der Waals surface area (Å²) in [4.78, 5) is 23.0. The molecule has 7 nitrogen and oxygen atoms in total. The van der Waals surface area contributed by atoms with E-state index < -0.39 is 21.6 Å². The number of benzene rings is 2. The van der Waals surface area contributed by atoms with Crippen LogP contribution in [0.1, 0.15) is 19.3 Å². The monoisotopic (exact) mass is 548 g/mol. The minimum atomic E-state index is -0.548. The molecular formula is C24H25AsClFN3O4. The second-order valence-electron chi connectivity index (χ2n) is 7.87. The summed E-state index contributed by atoms with van der Waals surface area (Å²) >= 11 is 5.42. The SMILES string of the molecule is COCCC(=O)N1CCC(Oc2cc3c([As]c4ccc(F)c(Cl)c4)ncnc3cc2OC)CC1. The summed E-state index contributed by atoms with van der Waals surface area (Å²) in [5.41, 5.74) is 0.747. The number of hydrogen-bond donors (Lipinski definition) is 0.